The van der Waals surface area contributed by atoms with Gasteiger partial charge in [-0.15, -0.1) is 0 Å². The zero-order valence-electron chi connectivity index (χ0n) is 13.1. The molecule has 1 fully saturated rings. The fourth-order valence-electron chi connectivity index (χ4n) is 2.86. The molecular formula is C15H23FN4O. The first kappa shape index (κ1) is 15.7. The minimum atomic E-state index is -0.565. The van der Waals surface area contributed by atoms with Crippen LogP contribution in [-0.2, 0) is 0 Å². The summed E-state index contributed by atoms with van der Waals surface area (Å²) < 4.78 is 14.3. The van der Waals surface area contributed by atoms with E-state index in [1.807, 2.05) is 21.0 Å². The van der Waals surface area contributed by atoms with Crippen LogP contribution < -0.4 is 5.32 Å². The van der Waals surface area contributed by atoms with E-state index in [1.54, 1.807) is 4.90 Å². The Labute approximate surface area is 125 Å². The largest absolute Gasteiger partial charge is 0.368 e. The molecule has 116 valence electrons. The number of hydrogen-bond acceptors (Lipinski definition) is 4. The lowest BCUT2D eigenvalue weighted by Crippen LogP contribution is -2.36. The van der Waals surface area contributed by atoms with Crippen molar-refractivity contribution in [3.05, 3.63) is 23.6 Å². The van der Waals surface area contributed by atoms with Gasteiger partial charge in [0.05, 0.1) is 5.56 Å². The summed E-state index contributed by atoms with van der Waals surface area (Å²) in [6.45, 7) is 5.82. The molecule has 0 aliphatic carbocycles. The van der Waals surface area contributed by atoms with Crippen molar-refractivity contribution in [1.29, 1.82) is 0 Å². The Morgan fingerprint density at radius 1 is 1.52 bits per heavy atom. The smallest absolute Gasteiger partial charge is 0.257 e. The average molecular weight is 294 g/mol. The highest BCUT2D eigenvalue weighted by atomic mass is 19.1. The van der Waals surface area contributed by atoms with Gasteiger partial charge in [0.15, 0.2) is 11.6 Å². The van der Waals surface area contributed by atoms with Gasteiger partial charge in [-0.25, -0.2) is 9.37 Å². The maximum atomic E-state index is 14.3. The number of carbonyl (C=O) groups excluding carboxylic acids is 1. The van der Waals surface area contributed by atoms with E-state index in [-0.39, 0.29) is 17.3 Å². The molecule has 1 N–H and O–H groups in total. The van der Waals surface area contributed by atoms with Gasteiger partial charge in [-0.1, -0.05) is 6.92 Å². The van der Waals surface area contributed by atoms with Crippen molar-refractivity contribution >= 4 is 11.7 Å². The Bertz CT molecular complexity index is 520. The second-order valence-corrected chi connectivity index (χ2v) is 5.77. The van der Waals surface area contributed by atoms with Crippen molar-refractivity contribution in [2.75, 3.05) is 39.0 Å². The van der Waals surface area contributed by atoms with E-state index in [0.29, 0.717) is 31.6 Å². The summed E-state index contributed by atoms with van der Waals surface area (Å²) >= 11 is 0. The molecule has 2 unspecified atom stereocenters. The number of likely N-dealkylation sites (N-methyl/N-ethyl adjacent to an activating group) is 1. The molecule has 2 atom stereocenters. The monoisotopic (exact) mass is 294 g/mol. The molecule has 0 aromatic carbocycles. The van der Waals surface area contributed by atoms with Gasteiger partial charge in [0, 0.05) is 31.9 Å². The lowest BCUT2D eigenvalue weighted by Gasteiger charge is -2.22. The number of nitrogens with one attached hydrogen (secondary N) is 1. The van der Waals surface area contributed by atoms with Crippen LogP contribution in [0.4, 0.5) is 10.2 Å². The van der Waals surface area contributed by atoms with Gasteiger partial charge in [0.25, 0.3) is 5.91 Å². The number of rotatable bonds is 4. The van der Waals surface area contributed by atoms with Crippen LogP contribution in [0.15, 0.2) is 12.3 Å². The first-order valence-electron chi connectivity index (χ1n) is 7.29. The summed E-state index contributed by atoms with van der Waals surface area (Å²) in [5.41, 5.74) is 0.0903. The van der Waals surface area contributed by atoms with Crippen LogP contribution in [-0.4, -0.2) is 60.5 Å². The summed E-state index contributed by atoms with van der Waals surface area (Å²) in [5.74, 6) is -0.308. The van der Waals surface area contributed by atoms with E-state index in [1.165, 1.54) is 12.3 Å². The Hall–Kier alpha value is -1.69. The number of halogens is 1. The molecule has 2 rings (SSSR count). The molecule has 6 heteroatoms. The number of hydrogen-bond donors (Lipinski definition) is 1. The van der Waals surface area contributed by atoms with Gasteiger partial charge in [-0.3, -0.25) is 4.79 Å². The van der Waals surface area contributed by atoms with Crippen LogP contribution >= 0.6 is 0 Å². The molecule has 2 heterocycles. The quantitative estimate of drug-likeness (QED) is 0.918. The van der Waals surface area contributed by atoms with Crippen LogP contribution in [0.1, 0.15) is 24.2 Å². The van der Waals surface area contributed by atoms with Crippen molar-refractivity contribution < 1.29 is 9.18 Å². The summed E-state index contributed by atoms with van der Waals surface area (Å²) in [4.78, 5) is 20.3. The lowest BCUT2D eigenvalue weighted by molar-refractivity contribution is 0.0776. The van der Waals surface area contributed by atoms with Gasteiger partial charge in [-0.05, 0) is 33.0 Å². The number of amides is 1. The highest BCUT2D eigenvalue weighted by Gasteiger charge is 2.35. The second kappa shape index (κ2) is 6.39. The highest BCUT2D eigenvalue weighted by molar-refractivity contribution is 5.95. The number of likely N-dealkylation sites (tertiary alicyclic amines) is 1. The maximum Gasteiger partial charge on any atom is 0.257 e. The lowest BCUT2D eigenvalue weighted by atomic mass is 10.1. The van der Waals surface area contributed by atoms with Gasteiger partial charge in [-0.2, -0.15) is 0 Å². The predicted molar refractivity (Wildman–Crippen MR) is 80.9 cm³/mol. The molecule has 1 aromatic rings. The van der Waals surface area contributed by atoms with Crippen molar-refractivity contribution in [2.24, 2.45) is 5.92 Å². The van der Waals surface area contributed by atoms with Crippen molar-refractivity contribution in [3.63, 3.8) is 0 Å². The summed E-state index contributed by atoms with van der Waals surface area (Å²) in [6, 6.07) is 1.76. The minimum Gasteiger partial charge on any atom is -0.368 e. The predicted octanol–water partition coefficient (Wildman–Crippen LogP) is 1.67. The van der Waals surface area contributed by atoms with E-state index < -0.39 is 5.82 Å². The Kier molecular flexibility index (Phi) is 4.77. The molecule has 0 bridgehead atoms. The number of aromatic nitrogens is 1. The Balaban J connectivity index is 2.20. The second-order valence-electron chi connectivity index (χ2n) is 5.77. The zero-order chi connectivity index (χ0) is 15.6. The van der Waals surface area contributed by atoms with E-state index in [0.717, 1.165) is 0 Å². The third-order valence-corrected chi connectivity index (χ3v) is 3.99. The molecule has 1 aliphatic rings. The SMILES string of the molecule is CCNc1nccc(C(=O)N2CC(C)C(N(C)C)C2)c1F. The number of nitrogens with zero attached hydrogens (tertiary/aromatic N) is 3. The summed E-state index contributed by atoms with van der Waals surface area (Å²) in [6.07, 6.45) is 1.47. The maximum absolute atomic E-state index is 14.3. The zero-order valence-corrected chi connectivity index (χ0v) is 13.1. The molecule has 0 radical (unpaired) electrons. The summed E-state index contributed by atoms with van der Waals surface area (Å²) in [5, 5.41) is 2.83. The Morgan fingerprint density at radius 3 is 2.81 bits per heavy atom. The van der Waals surface area contributed by atoms with Gasteiger partial charge < -0.3 is 15.1 Å². The molecule has 1 saturated heterocycles. The number of anilines is 1. The van der Waals surface area contributed by atoms with Crippen LogP contribution in [0.5, 0.6) is 0 Å². The fourth-order valence-corrected chi connectivity index (χ4v) is 2.86. The number of pyridine rings is 1. The average Bonchev–Trinajstić information content (AvgIpc) is 2.83. The molecule has 0 spiro atoms. The molecule has 5 nitrogen and oxygen atoms in total. The van der Waals surface area contributed by atoms with Gasteiger partial charge >= 0.3 is 0 Å². The number of carbonyl (C=O) groups is 1. The van der Waals surface area contributed by atoms with Crippen molar-refractivity contribution in [1.82, 2.24) is 14.8 Å². The van der Waals surface area contributed by atoms with Crippen LogP contribution in [0.3, 0.4) is 0 Å². The normalized spacial score (nSPS) is 21.9. The molecule has 0 saturated carbocycles. The van der Waals surface area contributed by atoms with E-state index in [4.69, 9.17) is 0 Å². The topological polar surface area (TPSA) is 48.5 Å². The van der Waals surface area contributed by atoms with Gasteiger partial charge in [0.2, 0.25) is 0 Å². The first-order valence-corrected chi connectivity index (χ1v) is 7.29. The first-order chi connectivity index (χ1) is 9.95. The third-order valence-electron chi connectivity index (χ3n) is 3.99. The van der Waals surface area contributed by atoms with Crippen LogP contribution in [0.2, 0.25) is 0 Å². The van der Waals surface area contributed by atoms with Gasteiger partial charge in [0.1, 0.15) is 0 Å². The van der Waals surface area contributed by atoms with E-state index in [9.17, 15) is 9.18 Å². The Morgan fingerprint density at radius 2 is 2.24 bits per heavy atom. The molecular weight excluding hydrogens is 271 g/mol. The minimum absolute atomic E-state index is 0.0903. The van der Waals surface area contributed by atoms with Crippen molar-refractivity contribution in [3.8, 4) is 0 Å². The molecule has 1 aromatic heterocycles. The van der Waals surface area contributed by atoms with E-state index in [2.05, 4.69) is 22.1 Å². The van der Waals surface area contributed by atoms with E-state index >= 15 is 0 Å². The van der Waals surface area contributed by atoms with Crippen molar-refractivity contribution in [2.45, 2.75) is 19.9 Å². The third kappa shape index (κ3) is 3.15. The summed E-state index contributed by atoms with van der Waals surface area (Å²) in [7, 11) is 4.01. The molecule has 21 heavy (non-hydrogen) atoms. The standard InChI is InChI=1S/C15H23FN4O/c1-5-17-14-13(16)11(6-7-18-14)15(21)20-8-10(2)12(9-20)19(3)4/h6-7,10,12H,5,8-9H2,1-4H3,(H,17,18). The van der Waals surface area contributed by atoms with Crippen LogP contribution in [0.25, 0.3) is 0 Å². The fraction of sp³-hybridized carbons (Fsp3) is 0.600. The van der Waals surface area contributed by atoms with Crippen LogP contribution in [0, 0.1) is 11.7 Å². The molecule has 1 aliphatic heterocycles. The molecule has 1 amide bonds. The highest BCUT2D eigenvalue weighted by Crippen LogP contribution is 2.24.